The summed E-state index contributed by atoms with van der Waals surface area (Å²) in [5.41, 5.74) is 1.81. The number of rotatable bonds is 2. The third-order valence-corrected chi connectivity index (χ3v) is 2.69. The zero-order chi connectivity index (χ0) is 13.4. The normalized spacial score (nSPS) is 10.9. The zero-order valence-electron chi connectivity index (χ0n) is 10.3. The molecule has 0 unspecified atom stereocenters. The molecule has 0 saturated carbocycles. The number of aromatic nitrogens is 7. The Morgan fingerprint density at radius 3 is 2.53 bits per heavy atom. The van der Waals surface area contributed by atoms with Crippen molar-refractivity contribution in [1.29, 1.82) is 0 Å². The van der Waals surface area contributed by atoms with Gasteiger partial charge in [0, 0.05) is 18.1 Å². The Bertz CT molecular complexity index is 717. The van der Waals surface area contributed by atoms with Crippen LogP contribution in [0, 0.1) is 13.8 Å². The molecule has 0 aromatic carbocycles. The minimum atomic E-state index is 0.112. The van der Waals surface area contributed by atoms with E-state index < -0.39 is 0 Å². The van der Waals surface area contributed by atoms with E-state index in [1.807, 2.05) is 19.9 Å². The Hall–Kier alpha value is -2.28. The summed E-state index contributed by atoms with van der Waals surface area (Å²) in [6.07, 6.45) is 4.97. The van der Waals surface area contributed by atoms with Crippen LogP contribution in [0.4, 0.5) is 0 Å². The maximum Gasteiger partial charge on any atom is 0.256 e. The van der Waals surface area contributed by atoms with Gasteiger partial charge in [0.25, 0.3) is 5.95 Å². The highest BCUT2D eigenvalue weighted by molar-refractivity contribution is 6.28. The molecule has 0 amide bonds. The van der Waals surface area contributed by atoms with E-state index in [2.05, 4.69) is 25.0 Å². The van der Waals surface area contributed by atoms with E-state index in [4.69, 9.17) is 11.6 Å². The van der Waals surface area contributed by atoms with Crippen LogP contribution in [0.3, 0.4) is 0 Å². The van der Waals surface area contributed by atoms with Crippen molar-refractivity contribution in [2.45, 2.75) is 13.8 Å². The molecule has 0 aliphatic carbocycles. The molecule has 96 valence electrons. The largest absolute Gasteiger partial charge is 0.274 e. The highest BCUT2D eigenvalue weighted by Gasteiger charge is 2.11. The fourth-order valence-corrected chi connectivity index (χ4v) is 1.90. The smallest absolute Gasteiger partial charge is 0.256 e. The van der Waals surface area contributed by atoms with Gasteiger partial charge in [0.2, 0.25) is 11.2 Å². The molecule has 0 spiro atoms. The first-order valence-corrected chi connectivity index (χ1v) is 5.95. The number of halogens is 1. The molecule has 8 heteroatoms. The van der Waals surface area contributed by atoms with Crippen LogP contribution in [0.5, 0.6) is 0 Å². The number of nitrogens with zero attached hydrogens (tertiary/aromatic N) is 7. The van der Waals surface area contributed by atoms with Gasteiger partial charge >= 0.3 is 0 Å². The van der Waals surface area contributed by atoms with E-state index in [0.717, 1.165) is 11.4 Å². The first kappa shape index (κ1) is 11.8. The second-order valence-electron chi connectivity index (χ2n) is 4.01. The van der Waals surface area contributed by atoms with Crippen molar-refractivity contribution >= 4 is 11.6 Å². The molecule has 3 heterocycles. The predicted molar refractivity (Wildman–Crippen MR) is 68.6 cm³/mol. The van der Waals surface area contributed by atoms with E-state index in [1.165, 1.54) is 0 Å². The maximum atomic E-state index is 5.94. The van der Waals surface area contributed by atoms with E-state index in [0.29, 0.717) is 11.9 Å². The second-order valence-corrected chi connectivity index (χ2v) is 4.35. The lowest BCUT2D eigenvalue weighted by atomic mass is 10.4. The van der Waals surface area contributed by atoms with Gasteiger partial charge in [-0.1, -0.05) is 0 Å². The summed E-state index contributed by atoms with van der Waals surface area (Å²) in [7, 11) is 0. The van der Waals surface area contributed by atoms with E-state index in [-0.39, 0.29) is 5.28 Å². The molecule has 0 aliphatic rings. The van der Waals surface area contributed by atoms with Crippen molar-refractivity contribution in [1.82, 2.24) is 34.3 Å². The van der Waals surface area contributed by atoms with Gasteiger partial charge in [-0.3, -0.25) is 4.57 Å². The number of imidazole rings is 1. The lowest BCUT2D eigenvalue weighted by molar-refractivity contribution is 0.749. The Labute approximate surface area is 113 Å². The van der Waals surface area contributed by atoms with Crippen LogP contribution in [0.15, 0.2) is 24.8 Å². The van der Waals surface area contributed by atoms with Gasteiger partial charge in [-0.25, -0.2) is 9.67 Å². The summed E-state index contributed by atoms with van der Waals surface area (Å²) >= 11 is 5.94. The SMILES string of the molecule is Cc1cc(C)n(-c2nc(Cl)nc(-n3ccnc3)n2)n1. The van der Waals surface area contributed by atoms with Crippen LogP contribution in [0.25, 0.3) is 11.9 Å². The monoisotopic (exact) mass is 275 g/mol. The van der Waals surface area contributed by atoms with Crippen LogP contribution < -0.4 is 0 Å². The number of aryl methyl sites for hydroxylation is 2. The molecule has 3 aromatic heterocycles. The van der Waals surface area contributed by atoms with Crippen molar-refractivity contribution in [3.8, 4) is 11.9 Å². The maximum absolute atomic E-state index is 5.94. The quantitative estimate of drug-likeness (QED) is 0.709. The van der Waals surface area contributed by atoms with Gasteiger partial charge < -0.3 is 0 Å². The summed E-state index contributed by atoms with van der Waals surface area (Å²) in [4.78, 5) is 16.4. The highest BCUT2D eigenvalue weighted by atomic mass is 35.5. The minimum absolute atomic E-state index is 0.112. The van der Waals surface area contributed by atoms with Crippen molar-refractivity contribution in [2.24, 2.45) is 0 Å². The van der Waals surface area contributed by atoms with Crippen molar-refractivity contribution in [2.75, 3.05) is 0 Å². The third-order valence-electron chi connectivity index (χ3n) is 2.52. The molecular weight excluding hydrogens is 266 g/mol. The first-order chi connectivity index (χ1) is 9.13. The van der Waals surface area contributed by atoms with Crippen LogP contribution in [-0.2, 0) is 0 Å². The Morgan fingerprint density at radius 1 is 1.11 bits per heavy atom. The van der Waals surface area contributed by atoms with Crippen molar-refractivity contribution < 1.29 is 0 Å². The molecule has 0 N–H and O–H groups in total. The summed E-state index contributed by atoms with van der Waals surface area (Å²) in [6, 6.07) is 1.94. The zero-order valence-corrected chi connectivity index (χ0v) is 11.1. The Balaban J connectivity index is 2.15. The fraction of sp³-hybridized carbons (Fsp3) is 0.182. The lowest BCUT2D eigenvalue weighted by Gasteiger charge is -2.05. The molecule has 0 atom stereocenters. The van der Waals surface area contributed by atoms with E-state index in [9.17, 15) is 0 Å². The molecular formula is C11H10ClN7. The van der Waals surface area contributed by atoms with E-state index >= 15 is 0 Å². The van der Waals surface area contributed by atoms with Gasteiger partial charge in [0.15, 0.2) is 0 Å². The molecule has 0 radical (unpaired) electrons. The minimum Gasteiger partial charge on any atom is -0.274 e. The average Bonchev–Trinajstić information content (AvgIpc) is 2.98. The van der Waals surface area contributed by atoms with Crippen molar-refractivity contribution in [3.63, 3.8) is 0 Å². The molecule has 3 rings (SSSR count). The fourth-order valence-electron chi connectivity index (χ4n) is 1.75. The van der Waals surface area contributed by atoms with Gasteiger partial charge in [0.1, 0.15) is 6.33 Å². The van der Waals surface area contributed by atoms with Crippen molar-refractivity contribution in [3.05, 3.63) is 41.5 Å². The molecule has 19 heavy (non-hydrogen) atoms. The summed E-state index contributed by atoms with van der Waals surface area (Å²) in [5.74, 6) is 0.786. The van der Waals surface area contributed by atoms with Crippen LogP contribution >= 0.6 is 11.6 Å². The average molecular weight is 276 g/mol. The summed E-state index contributed by atoms with van der Waals surface area (Å²) < 4.78 is 3.28. The molecule has 3 aromatic rings. The first-order valence-electron chi connectivity index (χ1n) is 5.57. The lowest BCUT2D eigenvalue weighted by Crippen LogP contribution is -2.10. The van der Waals surface area contributed by atoms with Gasteiger partial charge in [-0.2, -0.15) is 20.1 Å². The third kappa shape index (κ3) is 2.19. The predicted octanol–water partition coefficient (Wildman–Crippen LogP) is 1.51. The Kier molecular flexibility index (Phi) is 2.75. The summed E-state index contributed by atoms with van der Waals surface area (Å²) in [6.45, 7) is 3.83. The molecule has 0 fully saturated rings. The van der Waals surface area contributed by atoms with Crippen LogP contribution in [-0.4, -0.2) is 34.3 Å². The van der Waals surface area contributed by atoms with Gasteiger partial charge in [-0.15, -0.1) is 0 Å². The van der Waals surface area contributed by atoms with E-state index in [1.54, 1.807) is 28.0 Å². The number of hydrogen-bond acceptors (Lipinski definition) is 5. The Morgan fingerprint density at radius 2 is 1.89 bits per heavy atom. The van der Waals surface area contributed by atoms with Gasteiger partial charge in [-0.05, 0) is 31.5 Å². The standard InChI is InChI=1S/C11H10ClN7/c1-7-5-8(2)19(17-7)11-15-9(12)14-10(16-11)18-4-3-13-6-18/h3-6H,1-2H3. The molecule has 0 saturated heterocycles. The molecule has 0 aliphatic heterocycles. The van der Waals surface area contributed by atoms with Crippen LogP contribution in [0.1, 0.15) is 11.4 Å². The highest BCUT2D eigenvalue weighted by Crippen LogP contribution is 2.12. The summed E-state index contributed by atoms with van der Waals surface area (Å²) in [5, 5.41) is 4.44. The molecule has 0 bridgehead atoms. The topological polar surface area (TPSA) is 74.3 Å². The number of hydrogen-bond donors (Lipinski definition) is 0. The van der Waals surface area contributed by atoms with Gasteiger partial charge in [0.05, 0.1) is 5.69 Å². The molecule has 7 nitrogen and oxygen atoms in total. The second kappa shape index (κ2) is 4.43. The van der Waals surface area contributed by atoms with Crippen LogP contribution in [0.2, 0.25) is 5.28 Å².